The summed E-state index contributed by atoms with van der Waals surface area (Å²) in [6, 6.07) is 6.88. The first-order valence-corrected chi connectivity index (χ1v) is 6.58. The van der Waals surface area contributed by atoms with E-state index >= 15 is 0 Å². The SMILES string of the molecule is O=C(CCC1CCCC1)Oc1ccc(Cl)cc1. The van der Waals surface area contributed by atoms with E-state index in [4.69, 9.17) is 16.3 Å². The van der Waals surface area contributed by atoms with E-state index in [1.165, 1.54) is 25.7 Å². The molecule has 1 aliphatic carbocycles. The van der Waals surface area contributed by atoms with Crippen LogP contribution in [0, 0.1) is 5.92 Å². The molecule has 0 unspecified atom stereocenters. The molecule has 1 fully saturated rings. The average Bonchev–Trinajstić information content (AvgIpc) is 2.83. The van der Waals surface area contributed by atoms with Gasteiger partial charge in [-0.3, -0.25) is 4.79 Å². The van der Waals surface area contributed by atoms with E-state index in [9.17, 15) is 4.79 Å². The second-order valence-electron chi connectivity index (χ2n) is 4.62. The van der Waals surface area contributed by atoms with E-state index in [2.05, 4.69) is 0 Å². The summed E-state index contributed by atoms with van der Waals surface area (Å²) in [5, 5.41) is 0.649. The molecule has 0 amide bonds. The highest BCUT2D eigenvalue weighted by molar-refractivity contribution is 6.30. The Morgan fingerprint density at radius 2 is 1.88 bits per heavy atom. The zero-order chi connectivity index (χ0) is 12.1. The fourth-order valence-electron chi connectivity index (χ4n) is 2.31. The third kappa shape index (κ3) is 4.04. The zero-order valence-corrected chi connectivity index (χ0v) is 10.6. The molecule has 2 rings (SSSR count). The first-order chi connectivity index (χ1) is 8.24. The third-order valence-electron chi connectivity index (χ3n) is 3.28. The summed E-state index contributed by atoms with van der Waals surface area (Å²) in [6.45, 7) is 0. The molecule has 1 aromatic rings. The number of halogens is 1. The number of esters is 1. The number of carbonyl (C=O) groups excluding carboxylic acids is 1. The van der Waals surface area contributed by atoms with E-state index < -0.39 is 0 Å². The Balaban J connectivity index is 1.74. The van der Waals surface area contributed by atoms with Gasteiger partial charge in [-0.15, -0.1) is 0 Å². The van der Waals surface area contributed by atoms with Gasteiger partial charge in [-0.25, -0.2) is 0 Å². The Morgan fingerprint density at radius 3 is 2.53 bits per heavy atom. The van der Waals surface area contributed by atoms with Gasteiger partial charge in [0.15, 0.2) is 0 Å². The molecule has 1 aliphatic rings. The summed E-state index contributed by atoms with van der Waals surface area (Å²) in [7, 11) is 0. The molecule has 0 heterocycles. The topological polar surface area (TPSA) is 26.3 Å². The molecule has 0 N–H and O–H groups in total. The normalized spacial score (nSPS) is 16.1. The van der Waals surface area contributed by atoms with Crippen LogP contribution < -0.4 is 4.74 Å². The van der Waals surface area contributed by atoms with Crippen LogP contribution in [0.3, 0.4) is 0 Å². The lowest BCUT2D eigenvalue weighted by Gasteiger charge is -2.08. The van der Waals surface area contributed by atoms with Gasteiger partial charge in [0.1, 0.15) is 5.75 Å². The van der Waals surface area contributed by atoms with Gasteiger partial charge in [-0.05, 0) is 36.6 Å². The number of ether oxygens (including phenoxy) is 1. The van der Waals surface area contributed by atoms with Crippen LogP contribution in [0.25, 0.3) is 0 Å². The highest BCUT2D eigenvalue weighted by Gasteiger charge is 2.16. The number of hydrogen-bond donors (Lipinski definition) is 0. The van der Waals surface area contributed by atoms with Crippen molar-refractivity contribution in [3.63, 3.8) is 0 Å². The van der Waals surface area contributed by atoms with Crippen LogP contribution in [0.5, 0.6) is 5.75 Å². The Kier molecular flexibility index (Phi) is 4.43. The first kappa shape index (κ1) is 12.4. The minimum absolute atomic E-state index is 0.140. The van der Waals surface area contributed by atoms with E-state index in [1.807, 2.05) is 0 Å². The second kappa shape index (κ2) is 6.06. The van der Waals surface area contributed by atoms with Gasteiger partial charge in [-0.2, -0.15) is 0 Å². The fourth-order valence-corrected chi connectivity index (χ4v) is 2.43. The lowest BCUT2D eigenvalue weighted by molar-refractivity contribution is -0.134. The first-order valence-electron chi connectivity index (χ1n) is 6.20. The average molecular weight is 253 g/mol. The monoisotopic (exact) mass is 252 g/mol. The Bertz CT molecular complexity index is 366. The molecule has 0 radical (unpaired) electrons. The van der Waals surface area contributed by atoms with Crippen molar-refractivity contribution in [1.29, 1.82) is 0 Å². The molecule has 2 nitrogen and oxygen atoms in total. The third-order valence-corrected chi connectivity index (χ3v) is 3.53. The van der Waals surface area contributed by atoms with E-state index in [0.29, 0.717) is 17.2 Å². The summed E-state index contributed by atoms with van der Waals surface area (Å²) in [5.41, 5.74) is 0. The molecule has 0 aromatic heterocycles. The molecule has 0 aliphatic heterocycles. The van der Waals surface area contributed by atoms with Crippen molar-refractivity contribution < 1.29 is 9.53 Å². The van der Waals surface area contributed by atoms with Crippen molar-refractivity contribution in [2.75, 3.05) is 0 Å². The smallest absolute Gasteiger partial charge is 0.311 e. The van der Waals surface area contributed by atoms with Crippen LogP contribution in [-0.2, 0) is 4.79 Å². The highest BCUT2D eigenvalue weighted by atomic mass is 35.5. The molecule has 0 saturated heterocycles. The second-order valence-corrected chi connectivity index (χ2v) is 5.05. The van der Waals surface area contributed by atoms with Crippen LogP contribution >= 0.6 is 11.6 Å². The lowest BCUT2D eigenvalue weighted by Crippen LogP contribution is -2.09. The molecular weight excluding hydrogens is 236 g/mol. The maximum absolute atomic E-state index is 11.6. The number of hydrogen-bond acceptors (Lipinski definition) is 2. The van der Waals surface area contributed by atoms with Gasteiger partial charge in [0, 0.05) is 11.4 Å². The van der Waals surface area contributed by atoms with E-state index in [-0.39, 0.29) is 5.97 Å². The van der Waals surface area contributed by atoms with Crippen LogP contribution in [0.15, 0.2) is 24.3 Å². The van der Waals surface area contributed by atoms with Gasteiger partial charge in [0.05, 0.1) is 0 Å². The van der Waals surface area contributed by atoms with Crippen LogP contribution in [0.1, 0.15) is 38.5 Å². The van der Waals surface area contributed by atoms with Crippen LogP contribution in [0.2, 0.25) is 5.02 Å². The number of benzene rings is 1. The summed E-state index contributed by atoms with van der Waals surface area (Å²) >= 11 is 5.75. The quantitative estimate of drug-likeness (QED) is 0.593. The molecule has 1 saturated carbocycles. The Morgan fingerprint density at radius 1 is 1.24 bits per heavy atom. The number of carbonyl (C=O) groups is 1. The minimum atomic E-state index is -0.140. The lowest BCUT2D eigenvalue weighted by atomic mass is 10.0. The van der Waals surface area contributed by atoms with Gasteiger partial charge >= 0.3 is 5.97 Å². The van der Waals surface area contributed by atoms with Gasteiger partial charge in [-0.1, -0.05) is 37.3 Å². The molecule has 92 valence electrons. The molecule has 17 heavy (non-hydrogen) atoms. The predicted molar refractivity (Wildman–Crippen MR) is 68.3 cm³/mol. The molecule has 0 spiro atoms. The Hall–Kier alpha value is -1.02. The molecule has 0 bridgehead atoms. The molecule has 1 aromatic carbocycles. The fraction of sp³-hybridized carbons (Fsp3) is 0.500. The predicted octanol–water partition coefficient (Wildman–Crippen LogP) is 4.22. The van der Waals surface area contributed by atoms with Crippen LogP contribution in [0.4, 0.5) is 0 Å². The molecular formula is C14H17ClO2. The largest absolute Gasteiger partial charge is 0.427 e. The van der Waals surface area contributed by atoms with Crippen molar-refractivity contribution in [3.05, 3.63) is 29.3 Å². The molecule has 0 atom stereocenters. The van der Waals surface area contributed by atoms with E-state index in [0.717, 1.165) is 12.3 Å². The van der Waals surface area contributed by atoms with Gasteiger partial charge < -0.3 is 4.74 Å². The van der Waals surface area contributed by atoms with Crippen LogP contribution in [-0.4, -0.2) is 5.97 Å². The highest BCUT2D eigenvalue weighted by Crippen LogP contribution is 2.28. The summed E-state index contributed by atoms with van der Waals surface area (Å²) in [5.74, 6) is 1.16. The van der Waals surface area contributed by atoms with Crippen molar-refractivity contribution in [3.8, 4) is 5.75 Å². The molecule has 3 heteroatoms. The van der Waals surface area contributed by atoms with Crippen molar-refractivity contribution in [2.24, 2.45) is 5.92 Å². The Labute approximate surface area is 107 Å². The van der Waals surface area contributed by atoms with Crippen molar-refractivity contribution >= 4 is 17.6 Å². The van der Waals surface area contributed by atoms with E-state index in [1.54, 1.807) is 24.3 Å². The van der Waals surface area contributed by atoms with Crippen molar-refractivity contribution in [1.82, 2.24) is 0 Å². The van der Waals surface area contributed by atoms with Gasteiger partial charge in [0.2, 0.25) is 0 Å². The maximum Gasteiger partial charge on any atom is 0.311 e. The zero-order valence-electron chi connectivity index (χ0n) is 9.82. The van der Waals surface area contributed by atoms with Crippen molar-refractivity contribution in [2.45, 2.75) is 38.5 Å². The summed E-state index contributed by atoms with van der Waals surface area (Å²) in [6.07, 6.45) is 6.66. The van der Waals surface area contributed by atoms with Gasteiger partial charge in [0.25, 0.3) is 0 Å². The standard InChI is InChI=1S/C14H17ClO2/c15-12-6-8-13(9-7-12)17-14(16)10-5-11-3-1-2-4-11/h6-9,11H,1-5,10H2. The number of rotatable bonds is 4. The summed E-state index contributed by atoms with van der Waals surface area (Å²) < 4.78 is 5.23. The minimum Gasteiger partial charge on any atom is -0.427 e. The summed E-state index contributed by atoms with van der Waals surface area (Å²) in [4.78, 5) is 11.6. The maximum atomic E-state index is 11.6.